The Kier molecular flexibility index (Phi) is 4.28. The maximum atomic E-state index is 15.1. The number of anilines is 1. The van der Waals surface area contributed by atoms with Crippen LogP contribution < -0.4 is 14.4 Å². The van der Waals surface area contributed by atoms with Gasteiger partial charge < -0.3 is 18.9 Å². The zero-order chi connectivity index (χ0) is 21.8. The van der Waals surface area contributed by atoms with Crippen molar-refractivity contribution in [3.63, 3.8) is 0 Å². The van der Waals surface area contributed by atoms with Gasteiger partial charge in [0.25, 0.3) is 0 Å². The fraction of sp³-hybridized carbons (Fsp3) is 0.292. The van der Waals surface area contributed by atoms with E-state index in [2.05, 4.69) is 20.1 Å². The molecule has 7 nitrogen and oxygen atoms in total. The van der Waals surface area contributed by atoms with Gasteiger partial charge in [-0.1, -0.05) is 6.07 Å². The van der Waals surface area contributed by atoms with E-state index in [1.165, 1.54) is 18.9 Å². The number of imidazole rings is 1. The monoisotopic (exact) mass is 431 g/mol. The summed E-state index contributed by atoms with van der Waals surface area (Å²) in [6.07, 6.45) is 5.76. The second-order valence-corrected chi connectivity index (χ2v) is 8.15. The second kappa shape index (κ2) is 7.19. The first-order valence-corrected chi connectivity index (χ1v) is 10.8. The lowest BCUT2D eigenvalue weighted by atomic mass is 9.97. The number of ether oxygens (including phenoxy) is 2. The summed E-state index contributed by atoms with van der Waals surface area (Å²) in [5.74, 6) is 1.04. The minimum atomic E-state index is -0.332. The first-order valence-electron chi connectivity index (χ1n) is 10.8. The van der Waals surface area contributed by atoms with Gasteiger partial charge in [-0.3, -0.25) is 0 Å². The Morgan fingerprint density at radius 1 is 1.16 bits per heavy atom. The Hall–Kier alpha value is -3.68. The minimum Gasteiger partial charge on any atom is -0.496 e. The van der Waals surface area contributed by atoms with Crippen LogP contribution in [0.15, 0.2) is 42.9 Å². The predicted molar refractivity (Wildman–Crippen MR) is 119 cm³/mol. The van der Waals surface area contributed by atoms with Crippen LogP contribution in [-0.2, 0) is 6.54 Å². The Bertz CT molecular complexity index is 1350. The molecule has 6 rings (SSSR count). The molecule has 1 saturated carbocycles. The van der Waals surface area contributed by atoms with E-state index >= 15 is 4.39 Å². The van der Waals surface area contributed by atoms with E-state index in [-0.39, 0.29) is 5.82 Å². The molecule has 1 aliphatic heterocycles. The molecule has 0 saturated heterocycles. The molecule has 0 N–H and O–H groups in total. The van der Waals surface area contributed by atoms with Crippen molar-refractivity contribution in [2.45, 2.75) is 32.4 Å². The van der Waals surface area contributed by atoms with Crippen LogP contribution in [0.4, 0.5) is 10.1 Å². The van der Waals surface area contributed by atoms with Crippen LogP contribution in [0.3, 0.4) is 0 Å². The topological polar surface area (TPSA) is 65.3 Å². The molecule has 3 heterocycles. The summed E-state index contributed by atoms with van der Waals surface area (Å²) < 4.78 is 28.6. The Labute approximate surface area is 184 Å². The maximum absolute atomic E-state index is 15.1. The van der Waals surface area contributed by atoms with Gasteiger partial charge in [0.05, 0.1) is 25.3 Å². The van der Waals surface area contributed by atoms with Gasteiger partial charge in [-0.15, -0.1) is 5.10 Å². The van der Waals surface area contributed by atoms with Crippen molar-refractivity contribution in [3.05, 3.63) is 48.7 Å². The van der Waals surface area contributed by atoms with Crippen LogP contribution in [0.25, 0.3) is 33.4 Å². The number of benzene rings is 2. The third-order valence-corrected chi connectivity index (χ3v) is 6.25. The van der Waals surface area contributed by atoms with E-state index in [4.69, 9.17) is 9.47 Å². The SMILES string of the molecule is CCn1cnc2c(-c3ccc(F)c(-c4cc5c(cc4OC)N(C4CC4)CO5)c3)cnnc21. The highest BCUT2D eigenvalue weighted by Gasteiger charge is 2.35. The summed E-state index contributed by atoms with van der Waals surface area (Å²) in [6.45, 7) is 3.29. The van der Waals surface area contributed by atoms with Crippen LogP contribution in [0.2, 0.25) is 0 Å². The molecule has 0 amide bonds. The van der Waals surface area contributed by atoms with Crippen LogP contribution in [-0.4, -0.2) is 39.6 Å². The number of hydrogen-bond donors (Lipinski definition) is 0. The molecule has 2 aromatic heterocycles. The number of hydrogen-bond acceptors (Lipinski definition) is 6. The first-order chi connectivity index (χ1) is 15.7. The molecule has 8 heteroatoms. The molecule has 2 aromatic carbocycles. The van der Waals surface area contributed by atoms with Gasteiger partial charge in [-0.2, -0.15) is 5.10 Å². The van der Waals surface area contributed by atoms with Gasteiger partial charge >= 0.3 is 0 Å². The molecule has 2 aliphatic rings. The van der Waals surface area contributed by atoms with Gasteiger partial charge in [0, 0.05) is 35.3 Å². The van der Waals surface area contributed by atoms with Crippen LogP contribution in [0, 0.1) is 5.82 Å². The highest BCUT2D eigenvalue weighted by molar-refractivity contribution is 5.91. The van der Waals surface area contributed by atoms with Crippen molar-refractivity contribution < 1.29 is 13.9 Å². The van der Waals surface area contributed by atoms with E-state index in [1.807, 2.05) is 29.7 Å². The van der Waals surface area contributed by atoms with E-state index < -0.39 is 0 Å². The van der Waals surface area contributed by atoms with Gasteiger partial charge in [0.1, 0.15) is 22.8 Å². The van der Waals surface area contributed by atoms with Crippen molar-refractivity contribution in [2.24, 2.45) is 0 Å². The fourth-order valence-corrected chi connectivity index (χ4v) is 4.38. The second-order valence-electron chi connectivity index (χ2n) is 8.15. The van der Waals surface area contributed by atoms with Gasteiger partial charge in [0.15, 0.2) is 12.4 Å². The Morgan fingerprint density at radius 2 is 2.03 bits per heavy atom. The van der Waals surface area contributed by atoms with Crippen LogP contribution in [0.5, 0.6) is 11.5 Å². The lowest BCUT2D eigenvalue weighted by Gasteiger charge is -2.17. The molecule has 162 valence electrons. The van der Waals surface area contributed by atoms with E-state index in [0.717, 1.165) is 34.6 Å². The van der Waals surface area contributed by atoms with Crippen molar-refractivity contribution in [1.29, 1.82) is 0 Å². The van der Waals surface area contributed by atoms with Crippen molar-refractivity contribution >= 4 is 16.9 Å². The number of nitrogens with zero attached hydrogens (tertiary/aromatic N) is 5. The zero-order valence-electron chi connectivity index (χ0n) is 17.9. The average molecular weight is 431 g/mol. The molecule has 1 aliphatic carbocycles. The molecular weight excluding hydrogens is 409 g/mol. The largest absolute Gasteiger partial charge is 0.496 e. The lowest BCUT2D eigenvalue weighted by molar-refractivity contribution is 0.345. The van der Waals surface area contributed by atoms with Gasteiger partial charge in [-0.05, 0) is 43.5 Å². The number of fused-ring (bicyclic) bond motifs is 2. The van der Waals surface area contributed by atoms with Crippen molar-refractivity contribution in [2.75, 3.05) is 18.7 Å². The zero-order valence-corrected chi connectivity index (χ0v) is 17.9. The van der Waals surface area contributed by atoms with Crippen LogP contribution in [0.1, 0.15) is 19.8 Å². The number of methoxy groups -OCH3 is 1. The smallest absolute Gasteiger partial charge is 0.183 e. The number of halogens is 1. The molecule has 4 aromatic rings. The fourth-order valence-electron chi connectivity index (χ4n) is 4.38. The normalized spacial score (nSPS) is 15.2. The van der Waals surface area contributed by atoms with Gasteiger partial charge in [-0.25, -0.2) is 9.37 Å². The molecule has 32 heavy (non-hydrogen) atoms. The number of rotatable bonds is 5. The van der Waals surface area contributed by atoms with Crippen LogP contribution >= 0.6 is 0 Å². The maximum Gasteiger partial charge on any atom is 0.183 e. The van der Waals surface area contributed by atoms with E-state index in [1.54, 1.807) is 25.7 Å². The van der Waals surface area contributed by atoms with Crippen molar-refractivity contribution in [3.8, 4) is 33.8 Å². The predicted octanol–water partition coefficient (Wildman–Crippen LogP) is 4.65. The highest BCUT2D eigenvalue weighted by Crippen LogP contribution is 2.47. The first kappa shape index (κ1) is 19.0. The molecule has 0 spiro atoms. The molecule has 0 atom stereocenters. The molecule has 0 bridgehead atoms. The summed E-state index contributed by atoms with van der Waals surface area (Å²) in [4.78, 5) is 6.77. The third kappa shape index (κ3) is 2.90. The average Bonchev–Trinajstić information content (AvgIpc) is 3.44. The molecule has 0 radical (unpaired) electrons. The summed E-state index contributed by atoms with van der Waals surface area (Å²) in [5.41, 5.74) is 5.17. The standard InChI is InChI=1S/C24H22FN5O2/c1-3-29-12-26-23-18(11-27-28-24(23)29)14-4-7-19(25)16(8-14)17-9-22-20(10-21(17)31-2)30(13-32-22)15-5-6-15/h4,7-12,15H,3,5-6,13H2,1-2H3. The lowest BCUT2D eigenvalue weighted by Crippen LogP contribution is -2.24. The summed E-state index contributed by atoms with van der Waals surface area (Å²) in [6, 6.07) is 9.39. The minimum absolute atomic E-state index is 0.332. The van der Waals surface area contributed by atoms with Gasteiger partial charge in [0.2, 0.25) is 0 Å². The summed E-state index contributed by atoms with van der Waals surface area (Å²) in [7, 11) is 1.61. The summed E-state index contributed by atoms with van der Waals surface area (Å²) in [5, 5.41) is 8.38. The Balaban J connectivity index is 1.49. The molecule has 0 unspecified atom stereocenters. The van der Waals surface area contributed by atoms with Crippen molar-refractivity contribution in [1.82, 2.24) is 19.7 Å². The molecular formula is C24H22FN5O2. The third-order valence-electron chi connectivity index (χ3n) is 6.25. The van der Waals surface area contributed by atoms with E-state index in [9.17, 15) is 0 Å². The summed E-state index contributed by atoms with van der Waals surface area (Å²) >= 11 is 0. The quantitative estimate of drug-likeness (QED) is 0.458. The number of aromatic nitrogens is 4. The van der Waals surface area contributed by atoms with E-state index in [0.29, 0.717) is 35.3 Å². The molecule has 1 fully saturated rings. The Morgan fingerprint density at radius 3 is 2.81 bits per heavy atom. The highest BCUT2D eigenvalue weighted by atomic mass is 19.1. The number of aryl methyl sites for hydroxylation is 1.